The Balaban J connectivity index is 2.83. The van der Waals surface area contributed by atoms with Crippen LogP contribution in [0.1, 0.15) is 23.2 Å². The van der Waals surface area contributed by atoms with E-state index < -0.39 is 5.91 Å². The first kappa shape index (κ1) is 14.0. The number of carbonyl (C=O) groups excluding carboxylic acids is 2. The summed E-state index contributed by atoms with van der Waals surface area (Å²) in [5, 5.41) is 2.63. The van der Waals surface area contributed by atoms with Crippen molar-refractivity contribution in [2.75, 3.05) is 11.2 Å². The number of alkyl halides is 1. The molecule has 0 fully saturated rings. The Hall–Kier alpha value is -1.07. The largest absolute Gasteiger partial charge is 0.366 e. The van der Waals surface area contributed by atoms with E-state index in [0.717, 1.165) is 4.47 Å². The van der Waals surface area contributed by atoms with Gasteiger partial charge in [-0.1, -0.05) is 15.9 Å². The Morgan fingerprint density at radius 3 is 2.71 bits per heavy atom. The summed E-state index contributed by atoms with van der Waals surface area (Å²) in [5.41, 5.74) is 5.92. The molecule has 17 heavy (non-hydrogen) atoms. The van der Waals surface area contributed by atoms with Crippen molar-refractivity contribution in [1.29, 1.82) is 0 Å². The summed E-state index contributed by atoms with van der Waals surface area (Å²) in [7, 11) is 0. The predicted molar refractivity (Wildman–Crippen MR) is 71.2 cm³/mol. The van der Waals surface area contributed by atoms with Crippen LogP contribution >= 0.6 is 27.5 Å². The van der Waals surface area contributed by atoms with Crippen LogP contribution < -0.4 is 11.1 Å². The molecule has 0 unspecified atom stereocenters. The molecule has 6 heteroatoms. The van der Waals surface area contributed by atoms with Crippen LogP contribution in [-0.2, 0) is 4.79 Å². The van der Waals surface area contributed by atoms with Gasteiger partial charge in [-0.05, 0) is 24.6 Å². The Labute approximate surface area is 113 Å². The van der Waals surface area contributed by atoms with Crippen molar-refractivity contribution in [2.24, 2.45) is 5.73 Å². The molecule has 0 atom stereocenters. The zero-order valence-electron chi connectivity index (χ0n) is 9.00. The maximum absolute atomic E-state index is 11.5. The highest BCUT2D eigenvalue weighted by atomic mass is 79.9. The van der Waals surface area contributed by atoms with Gasteiger partial charge in [0.05, 0.1) is 11.3 Å². The molecule has 0 aliphatic heterocycles. The molecule has 0 spiro atoms. The first-order chi connectivity index (χ1) is 8.04. The number of anilines is 1. The fourth-order valence-corrected chi connectivity index (χ4v) is 1.76. The summed E-state index contributed by atoms with van der Waals surface area (Å²) in [5.74, 6) is -0.342. The van der Waals surface area contributed by atoms with E-state index in [-0.39, 0.29) is 11.5 Å². The third-order valence-electron chi connectivity index (χ3n) is 2.06. The number of carbonyl (C=O) groups is 2. The van der Waals surface area contributed by atoms with Crippen LogP contribution in [0.25, 0.3) is 0 Å². The summed E-state index contributed by atoms with van der Waals surface area (Å²) in [6.07, 6.45) is 0.910. The van der Waals surface area contributed by atoms with Crippen LogP contribution in [0.5, 0.6) is 0 Å². The van der Waals surface area contributed by atoms with Crippen LogP contribution in [0.15, 0.2) is 22.7 Å². The minimum atomic E-state index is -0.584. The van der Waals surface area contributed by atoms with Crippen molar-refractivity contribution in [3.63, 3.8) is 0 Å². The Morgan fingerprint density at radius 1 is 1.41 bits per heavy atom. The van der Waals surface area contributed by atoms with Crippen molar-refractivity contribution in [1.82, 2.24) is 0 Å². The predicted octanol–water partition coefficient (Wildman–Crippen LogP) is 2.51. The highest BCUT2D eigenvalue weighted by molar-refractivity contribution is 9.10. The monoisotopic (exact) mass is 318 g/mol. The first-order valence-corrected chi connectivity index (χ1v) is 6.32. The van der Waals surface area contributed by atoms with E-state index in [2.05, 4.69) is 21.2 Å². The van der Waals surface area contributed by atoms with Gasteiger partial charge in [-0.15, -0.1) is 11.6 Å². The van der Waals surface area contributed by atoms with E-state index in [0.29, 0.717) is 24.4 Å². The van der Waals surface area contributed by atoms with E-state index in [1.54, 1.807) is 18.2 Å². The number of hydrogen-bond donors (Lipinski definition) is 2. The number of amides is 2. The molecule has 0 bridgehead atoms. The topological polar surface area (TPSA) is 72.2 Å². The highest BCUT2D eigenvalue weighted by Gasteiger charge is 2.11. The van der Waals surface area contributed by atoms with Gasteiger partial charge in [-0.25, -0.2) is 0 Å². The second-order valence-electron chi connectivity index (χ2n) is 3.39. The number of rotatable bonds is 5. The van der Waals surface area contributed by atoms with E-state index >= 15 is 0 Å². The lowest BCUT2D eigenvalue weighted by atomic mass is 10.1. The Morgan fingerprint density at radius 2 is 2.12 bits per heavy atom. The number of hydrogen-bond acceptors (Lipinski definition) is 2. The van der Waals surface area contributed by atoms with E-state index in [1.807, 2.05) is 0 Å². The van der Waals surface area contributed by atoms with E-state index in [9.17, 15) is 9.59 Å². The lowest BCUT2D eigenvalue weighted by molar-refractivity contribution is -0.116. The van der Waals surface area contributed by atoms with Gasteiger partial charge in [0.2, 0.25) is 5.91 Å². The minimum absolute atomic E-state index is 0.185. The number of benzene rings is 1. The molecule has 0 aromatic heterocycles. The van der Waals surface area contributed by atoms with Crippen molar-refractivity contribution >= 4 is 45.0 Å². The molecule has 1 aromatic rings. The quantitative estimate of drug-likeness (QED) is 0.819. The van der Waals surface area contributed by atoms with Gasteiger partial charge in [-0.3, -0.25) is 9.59 Å². The van der Waals surface area contributed by atoms with Gasteiger partial charge in [0.1, 0.15) is 0 Å². The van der Waals surface area contributed by atoms with Gasteiger partial charge >= 0.3 is 0 Å². The van der Waals surface area contributed by atoms with E-state index in [4.69, 9.17) is 17.3 Å². The van der Waals surface area contributed by atoms with Gasteiger partial charge < -0.3 is 11.1 Å². The number of nitrogens with two attached hydrogens (primary N) is 1. The third kappa shape index (κ3) is 4.36. The maximum Gasteiger partial charge on any atom is 0.250 e. The van der Waals surface area contributed by atoms with Gasteiger partial charge in [-0.2, -0.15) is 0 Å². The third-order valence-corrected chi connectivity index (χ3v) is 2.82. The van der Waals surface area contributed by atoms with Crippen molar-refractivity contribution < 1.29 is 9.59 Å². The van der Waals surface area contributed by atoms with Crippen molar-refractivity contribution in [3.05, 3.63) is 28.2 Å². The summed E-state index contributed by atoms with van der Waals surface area (Å²) < 4.78 is 0.727. The Kier molecular flexibility index (Phi) is 5.44. The average Bonchev–Trinajstić information content (AvgIpc) is 2.28. The summed E-state index contributed by atoms with van der Waals surface area (Å²) >= 11 is 8.73. The van der Waals surface area contributed by atoms with Gasteiger partial charge in [0.15, 0.2) is 0 Å². The maximum atomic E-state index is 11.5. The Bertz CT molecular complexity index is 437. The normalized spacial score (nSPS) is 10.0. The van der Waals surface area contributed by atoms with Crippen LogP contribution in [-0.4, -0.2) is 17.7 Å². The molecule has 92 valence electrons. The zero-order valence-corrected chi connectivity index (χ0v) is 11.3. The van der Waals surface area contributed by atoms with Crippen molar-refractivity contribution in [2.45, 2.75) is 12.8 Å². The first-order valence-electron chi connectivity index (χ1n) is 4.99. The molecule has 0 heterocycles. The van der Waals surface area contributed by atoms with E-state index in [1.165, 1.54) is 0 Å². The molecule has 1 aromatic carbocycles. The molecular weight excluding hydrogens is 307 g/mol. The number of nitrogens with one attached hydrogen (secondary N) is 1. The molecule has 0 saturated carbocycles. The summed E-state index contributed by atoms with van der Waals surface area (Å²) in [6.45, 7) is 0. The summed E-state index contributed by atoms with van der Waals surface area (Å²) in [6, 6.07) is 4.92. The molecule has 0 aliphatic rings. The molecule has 0 saturated heterocycles. The number of primary amides is 1. The lowest BCUT2D eigenvalue weighted by Crippen LogP contribution is -2.18. The van der Waals surface area contributed by atoms with Gasteiger partial charge in [0, 0.05) is 16.8 Å². The van der Waals surface area contributed by atoms with Crippen LogP contribution in [0.4, 0.5) is 5.69 Å². The number of halogens is 2. The fraction of sp³-hybridized carbons (Fsp3) is 0.273. The molecule has 4 nitrogen and oxygen atoms in total. The second-order valence-corrected chi connectivity index (χ2v) is 4.69. The molecule has 2 amide bonds. The molecule has 0 aliphatic carbocycles. The lowest BCUT2D eigenvalue weighted by Gasteiger charge is -2.09. The van der Waals surface area contributed by atoms with Crippen molar-refractivity contribution in [3.8, 4) is 0 Å². The molecule has 0 radical (unpaired) electrons. The highest BCUT2D eigenvalue weighted by Crippen LogP contribution is 2.21. The van der Waals surface area contributed by atoms with Gasteiger partial charge in [0.25, 0.3) is 5.91 Å². The smallest absolute Gasteiger partial charge is 0.250 e. The van der Waals surface area contributed by atoms with Crippen LogP contribution in [0, 0.1) is 0 Å². The zero-order chi connectivity index (χ0) is 12.8. The van der Waals surface area contributed by atoms with Crippen LogP contribution in [0.3, 0.4) is 0 Å². The summed E-state index contributed by atoms with van der Waals surface area (Å²) in [4.78, 5) is 22.7. The molecular formula is C11H12BrClN2O2. The molecule has 3 N–H and O–H groups in total. The minimum Gasteiger partial charge on any atom is -0.366 e. The SMILES string of the molecule is NC(=O)c1cc(Br)ccc1NC(=O)CCCCl. The second kappa shape index (κ2) is 6.61. The molecule has 1 rings (SSSR count). The van der Waals surface area contributed by atoms with Crippen LogP contribution in [0.2, 0.25) is 0 Å². The fourth-order valence-electron chi connectivity index (χ4n) is 1.27. The standard InChI is InChI=1S/C11H12BrClN2O2/c12-7-3-4-9(8(6-7)11(14)17)15-10(16)2-1-5-13/h3-4,6H,1-2,5H2,(H2,14,17)(H,15,16). The average molecular weight is 320 g/mol.